The molecule has 6 heteroatoms. The molecule has 0 unspecified atom stereocenters. The standard InChI is InChI=1S/C9H22INO3S/c1-4-11(5-2,6-3)10-8-7-9-15(12,13)14/h4-9H2,1-3H3,(H,12,13,14). The van der Waals surface area contributed by atoms with Crippen molar-refractivity contribution < 1.29 is 37.1 Å². The van der Waals surface area contributed by atoms with Gasteiger partial charge in [0.25, 0.3) is 0 Å². The van der Waals surface area contributed by atoms with E-state index in [0.29, 0.717) is 6.42 Å². The van der Waals surface area contributed by atoms with E-state index < -0.39 is 10.1 Å². The maximum absolute atomic E-state index is 10.5. The molecule has 0 bridgehead atoms. The second-order valence-corrected chi connectivity index (χ2v) is 8.81. The van der Waals surface area contributed by atoms with Crippen molar-refractivity contribution in [2.24, 2.45) is 0 Å². The van der Waals surface area contributed by atoms with E-state index in [-0.39, 0.29) is 27.2 Å². The topological polar surface area (TPSA) is 54.4 Å². The first-order valence-electron chi connectivity index (χ1n) is 5.31. The third kappa shape index (κ3) is 6.70. The van der Waals surface area contributed by atoms with Gasteiger partial charge in [0.1, 0.15) is 0 Å². The number of hydrogen-bond donors (Lipinski definition) is 1. The number of hydrogen-bond acceptors (Lipinski definition) is 2. The van der Waals surface area contributed by atoms with Crippen LogP contribution in [0.25, 0.3) is 0 Å². The predicted octanol–water partition coefficient (Wildman–Crippen LogP) is -1.86. The van der Waals surface area contributed by atoms with Crippen LogP contribution in [-0.2, 0) is 10.1 Å². The van der Waals surface area contributed by atoms with E-state index in [4.69, 9.17) is 4.55 Å². The average Bonchev–Trinajstić information content (AvgIpc) is 2.18. The van der Waals surface area contributed by atoms with Gasteiger partial charge in [0.15, 0.2) is 0 Å². The summed E-state index contributed by atoms with van der Waals surface area (Å²) >= 11 is -0.0208. The molecule has 1 N–H and O–H groups in total. The van der Waals surface area contributed by atoms with Crippen LogP contribution in [0.15, 0.2) is 0 Å². The third-order valence-corrected chi connectivity index (χ3v) is 8.12. The van der Waals surface area contributed by atoms with E-state index in [1.165, 1.54) is 0 Å². The fourth-order valence-electron chi connectivity index (χ4n) is 1.40. The van der Waals surface area contributed by atoms with Gasteiger partial charge in [-0.15, -0.1) is 0 Å². The van der Waals surface area contributed by atoms with Gasteiger partial charge < -0.3 is 0 Å². The average molecular weight is 351 g/mol. The molecular formula is C9H22INO3S. The molecule has 0 rings (SSSR count). The van der Waals surface area contributed by atoms with E-state index >= 15 is 0 Å². The normalized spacial score (nSPS) is 13.3. The van der Waals surface area contributed by atoms with Crippen LogP contribution in [0.3, 0.4) is 0 Å². The van der Waals surface area contributed by atoms with Crippen LogP contribution < -0.4 is 21.5 Å². The summed E-state index contributed by atoms with van der Waals surface area (Å²) in [7, 11) is -3.75. The second kappa shape index (κ2) is 7.03. The number of rotatable bonds is 8. The van der Waals surface area contributed by atoms with Gasteiger partial charge in [0.2, 0.25) is 0 Å². The minimum atomic E-state index is -3.75. The van der Waals surface area contributed by atoms with Crippen LogP contribution in [0.4, 0.5) is 0 Å². The van der Waals surface area contributed by atoms with E-state index in [2.05, 4.69) is 20.8 Å². The van der Waals surface area contributed by atoms with Gasteiger partial charge in [-0.05, 0) is 0 Å². The summed E-state index contributed by atoms with van der Waals surface area (Å²) in [5, 5.41) is 0. The van der Waals surface area contributed by atoms with E-state index in [1.54, 1.807) is 0 Å². The molecule has 0 aromatic heterocycles. The summed E-state index contributed by atoms with van der Waals surface area (Å²) in [5.41, 5.74) is 0. The molecule has 15 heavy (non-hydrogen) atoms. The molecule has 0 fully saturated rings. The molecule has 0 saturated heterocycles. The van der Waals surface area contributed by atoms with Crippen molar-refractivity contribution in [1.29, 1.82) is 0 Å². The third-order valence-electron chi connectivity index (χ3n) is 2.57. The van der Waals surface area contributed by atoms with Crippen molar-refractivity contribution in [3.8, 4) is 0 Å². The molecule has 4 nitrogen and oxygen atoms in total. The van der Waals surface area contributed by atoms with Crippen LogP contribution in [0, 0.1) is 0 Å². The quantitative estimate of drug-likeness (QED) is 0.184. The maximum atomic E-state index is 10.5. The van der Waals surface area contributed by atoms with Crippen LogP contribution >= 0.6 is 0 Å². The van der Waals surface area contributed by atoms with Crippen molar-refractivity contribution >= 4 is 10.1 Å². The molecule has 0 aliphatic carbocycles. The first kappa shape index (κ1) is 15.6. The summed E-state index contributed by atoms with van der Waals surface area (Å²) in [6.07, 6.45) is 0.603. The predicted molar refractivity (Wildman–Crippen MR) is 57.8 cm³/mol. The van der Waals surface area contributed by atoms with Gasteiger partial charge in [-0.1, -0.05) is 0 Å². The zero-order valence-electron chi connectivity index (χ0n) is 9.74. The first-order chi connectivity index (χ1) is 6.89. The summed E-state index contributed by atoms with van der Waals surface area (Å²) in [6.45, 7) is 9.96. The van der Waals surface area contributed by atoms with Crippen LogP contribution in [0.1, 0.15) is 27.2 Å². The molecular weight excluding hydrogens is 329 g/mol. The number of nitrogens with zero attached hydrogens (tertiary/aromatic N) is 1. The Labute approximate surface area is 104 Å². The fourth-order valence-corrected chi connectivity index (χ4v) is 5.62. The Hall–Kier alpha value is 0.600. The van der Waals surface area contributed by atoms with Crippen LogP contribution in [-0.4, -0.2) is 45.5 Å². The number of halogens is 1. The summed E-state index contributed by atoms with van der Waals surface area (Å²) in [6, 6.07) is 0. The first-order valence-corrected chi connectivity index (χ1v) is 9.41. The van der Waals surface area contributed by atoms with Crippen molar-refractivity contribution in [3.05, 3.63) is 0 Å². The molecule has 0 saturated carbocycles. The molecule has 0 amide bonds. The van der Waals surface area contributed by atoms with Crippen molar-refractivity contribution in [1.82, 2.24) is 0 Å². The van der Waals surface area contributed by atoms with Crippen molar-refractivity contribution in [2.75, 3.05) is 29.8 Å². The molecule has 0 aromatic rings. The molecule has 0 aliphatic heterocycles. The Morgan fingerprint density at radius 1 is 1.13 bits per heavy atom. The van der Waals surface area contributed by atoms with Crippen LogP contribution in [0.2, 0.25) is 0 Å². The van der Waals surface area contributed by atoms with Gasteiger partial charge >= 0.3 is 104 Å². The Morgan fingerprint density at radius 2 is 1.60 bits per heavy atom. The van der Waals surface area contributed by atoms with Crippen molar-refractivity contribution in [3.63, 3.8) is 0 Å². The Balaban J connectivity index is 3.92. The molecule has 94 valence electrons. The van der Waals surface area contributed by atoms with Gasteiger partial charge in [0.05, 0.1) is 0 Å². The molecule has 0 aromatic carbocycles. The minimum absolute atomic E-state index is 0.0208. The summed E-state index contributed by atoms with van der Waals surface area (Å²) < 4.78 is 31.8. The Bertz CT molecular complexity index is 254. The SMILES string of the molecule is CC[N+](CC)(CC)[I-]CCCS(=O)(=O)O. The van der Waals surface area contributed by atoms with Gasteiger partial charge in [-0.25, -0.2) is 0 Å². The van der Waals surface area contributed by atoms with Gasteiger partial charge in [-0.3, -0.25) is 0 Å². The van der Waals surface area contributed by atoms with Crippen molar-refractivity contribution in [2.45, 2.75) is 27.2 Å². The van der Waals surface area contributed by atoms with E-state index in [0.717, 1.165) is 26.8 Å². The van der Waals surface area contributed by atoms with Gasteiger partial charge in [-0.2, -0.15) is 0 Å². The molecule has 0 spiro atoms. The molecule has 0 aliphatic rings. The fraction of sp³-hybridized carbons (Fsp3) is 1.00. The number of alkyl halides is 1. The number of quaternary nitrogens is 1. The van der Waals surface area contributed by atoms with E-state index in [9.17, 15) is 8.42 Å². The summed E-state index contributed by atoms with van der Waals surface area (Å²) in [4.78, 5) is 0. The molecule has 0 radical (unpaired) electrons. The summed E-state index contributed by atoms with van der Waals surface area (Å²) in [5.74, 6) is -0.0795. The van der Waals surface area contributed by atoms with E-state index in [1.807, 2.05) is 0 Å². The molecule has 0 atom stereocenters. The Morgan fingerprint density at radius 3 is 1.93 bits per heavy atom. The van der Waals surface area contributed by atoms with Gasteiger partial charge in [0, 0.05) is 0 Å². The molecule has 0 heterocycles. The monoisotopic (exact) mass is 351 g/mol. The zero-order chi connectivity index (χ0) is 11.9. The van der Waals surface area contributed by atoms with Crippen LogP contribution in [0.5, 0.6) is 0 Å². The zero-order valence-corrected chi connectivity index (χ0v) is 12.7. The Kier molecular flexibility index (Phi) is 7.31. The second-order valence-electron chi connectivity index (χ2n) is 3.43.